The van der Waals surface area contributed by atoms with Crippen molar-refractivity contribution in [1.29, 1.82) is 0 Å². The minimum Gasteiger partial charge on any atom is -0.478 e. The number of amides is 2. The van der Waals surface area contributed by atoms with Gasteiger partial charge in [-0.2, -0.15) is 0 Å². The monoisotopic (exact) mass is 298 g/mol. The van der Waals surface area contributed by atoms with Gasteiger partial charge in [-0.05, 0) is 6.42 Å². The number of rotatable bonds is 8. The summed E-state index contributed by atoms with van der Waals surface area (Å²) in [6.45, 7) is 0.854. The third-order valence-corrected chi connectivity index (χ3v) is 2.63. The number of carboxylic acid groups (broad SMARTS) is 1. The summed E-state index contributed by atoms with van der Waals surface area (Å²) in [5, 5.41) is 11.4. The van der Waals surface area contributed by atoms with Crippen LogP contribution in [0.5, 0.6) is 0 Å². The molecular formula is C13H18N2O6. The summed E-state index contributed by atoms with van der Waals surface area (Å²) in [4.78, 5) is 35.4. The number of likely N-dealkylation sites (N-methyl/N-ethyl adjacent to an activating group) is 1. The maximum absolute atomic E-state index is 11.9. The highest BCUT2D eigenvalue weighted by molar-refractivity contribution is 5.96. The van der Waals surface area contributed by atoms with Crippen molar-refractivity contribution < 1.29 is 28.6 Å². The van der Waals surface area contributed by atoms with Crippen molar-refractivity contribution in [3.8, 4) is 0 Å². The lowest BCUT2D eigenvalue weighted by atomic mass is 10.3. The summed E-state index contributed by atoms with van der Waals surface area (Å²) in [7, 11) is 3.00. The van der Waals surface area contributed by atoms with E-state index in [0.29, 0.717) is 19.6 Å². The number of methoxy groups -OCH3 is 1. The molecule has 8 nitrogen and oxygen atoms in total. The molecular weight excluding hydrogens is 280 g/mol. The minimum atomic E-state index is -1.18. The molecule has 0 spiro atoms. The number of carboxylic acids is 1. The molecule has 1 heterocycles. The largest absolute Gasteiger partial charge is 0.478 e. The van der Waals surface area contributed by atoms with Crippen LogP contribution in [0.1, 0.15) is 27.3 Å². The fraction of sp³-hybridized carbons (Fsp3) is 0.462. The zero-order valence-corrected chi connectivity index (χ0v) is 11.9. The number of hydrogen-bond acceptors (Lipinski definition) is 5. The van der Waals surface area contributed by atoms with E-state index in [1.165, 1.54) is 7.05 Å². The Morgan fingerprint density at radius 1 is 1.43 bits per heavy atom. The molecule has 0 unspecified atom stereocenters. The van der Waals surface area contributed by atoms with Crippen LogP contribution in [-0.4, -0.2) is 61.6 Å². The van der Waals surface area contributed by atoms with E-state index < -0.39 is 11.9 Å². The normalized spacial score (nSPS) is 10.2. The van der Waals surface area contributed by atoms with Crippen molar-refractivity contribution in [2.24, 2.45) is 0 Å². The zero-order valence-electron chi connectivity index (χ0n) is 11.9. The molecule has 0 aromatic carbocycles. The fourth-order valence-electron chi connectivity index (χ4n) is 1.54. The third-order valence-electron chi connectivity index (χ3n) is 2.63. The third kappa shape index (κ3) is 5.27. The zero-order chi connectivity index (χ0) is 15.8. The maximum atomic E-state index is 11.9. The first kappa shape index (κ1) is 16.7. The van der Waals surface area contributed by atoms with Gasteiger partial charge in [0.1, 0.15) is 6.26 Å². The maximum Gasteiger partial charge on any atom is 0.338 e. The number of aromatic carboxylic acids is 1. The molecule has 8 heteroatoms. The number of nitrogens with zero attached hydrogens (tertiary/aromatic N) is 1. The van der Waals surface area contributed by atoms with Crippen molar-refractivity contribution >= 4 is 17.8 Å². The van der Waals surface area contributed by atoms with Crippen LogP contribution in [0, 0.1) is 0 Å². The Hall–Kier alpha value is -2.35. The Kier molecular flexibility index (Phi) is 6.41. The molecule has 2 N–H and O–H groups in total. The molecule has 1 aromatic heterocycles. The summed E-state index contributed by atoms with van der Waals surface area (Å²) in [5.74, 6) is -2.18. The van der Waals surface area contributed by atoms with Crippen molar-refractivity contribution in [2.45, 2.75) is 6.42 Å². The Morgan fingerprint density at radius 3 is 2.71 bits per heavy atom. The lowest BCUT2D eigenvalue weighted by Gasteiger charge is -2.15. The van der Waals surface area contributed by atoms with E-state index in [1.54, 1.807) is 7.11 Å². The van der Waals surface area contributed by atoms with Crippen molar-refractivity contribution in [1.82, 2.24) is 10.2 Å². The molecule has 0 fully saturated rings. The van der Waals surface area contributed by atoms with E-state index in [9.17, 15) is 14.4 Å². The van der Waals surface area contributed by atoms with Gasteiger partial charge in [0.05, 0.1) is 12.1 Å². The summed E-state index contributed by atoms with van der Waals surface area (Å²) in [6, 6.07) is 1.12. The van der Waals surface area contributed by atoms with E-state index in [-0.39, 0.29) is 23.8 Å². The Labute approximate surface area is 121 Å². The van der Waals surface area contributed by atoms with Crippen LogP contribution in [0.2, 0.25) is 0 Å². The molecule has 0 aliphatic carbocycles. The van der Waals surface area contributed by atoms with Crippen LogP contribution < -0.4 is 5.32 Å². The summed E-state index contributed by atoms with van der Waals surface area (Å²) in [5.41, 5.74) is -0.115. The van der Waals surface area contributed by atoms with E-state index in [1.807, 2.05) is 0 Å². The van der Waals surface area contributed by atoms with Crippen LogP contribution in [0.25, 0.3) is 0 Å². The van der Waals surface area contributed by atoms with Crippen LogP contribution in [0.4, 0.5) is 0 Å². The molecule has 1 aromatic rings. The van der Waals surface area contributed by atoms with Crippen LogP contribution >= 0.6 is 0 Å². The van der Waals surface area contributed by atoms with Crippen LogP contribution in [0.15, 0.2) is 16.7 Å². The van der Waals surface area contributed by atoms with Gasteiger partial charge in [-0.1, -0.05) is 0 Å². The lowest BCUT2D eigenvalue weighted by Crippen LogP contribution is -2.38. The fourth-order valence-corrected chi connectivity index (χ4v) is 1.54. The molecule has 0 atom stereocenters. The van der Waals surface area contributed by atoms with Crippen molar-refractivity contribution in [3.05, 3.63) is 23.7 Å². The Bertz CT molecular complexity index is 511. The van der Waals surface area contributed by atoms with Gasteiger partial charge in [-0.15, -0.1) is 0 Å². The first-order chi connectivity index (χ1) is 9.95. The Balaban J connectivity index is 2.46. The average Bonchev–Trinajstić information content (AvgIpc) is 2.92. The molecule has 0 saturated carbocycles. The number of hydrogen-bond donors (Lipinski definition) is 2. The van der Waals surface area contributed by atoms with Gasteiger partial charge in [0.25, 0.3) is 5.91 Å². The van der Waals surface area contributed by atoms with Crippen LogP contribution in [0.3, 0.4) is 0 Å². The summed E-state index contributed by atoms with van der Waals surface area (Å²) in [6.07, 6.45) is 1.66. The topological polar surface area (TPSA) is 109 Å². The van der Waals surface area contributed by atoms with Gasteiger partial charge in [0.2, 0.25) is 5.91 Å². The van der Waals surface area contributed by atoms with Gasteiger partial charge < -0.3 is 24.5 Å². The Morgan fingerprint density at radius 2 is 2.14 bits per heavy atom. The van der Waals surface area contributed by atoms with Gasteiger partial charge in [0.15, 0.2) is 5.76 Å². The van der Waals surface area contributed by atoms with E-state index in [4.69, 9.17) is 14.3 Å². The minimum absolute atomic E-state index is 0.115. The molecule has 1 rings (SSSR count). The van der Waals surface area contributed by atoms with Gasteiger partial charge in [0, 0.05) is 33.4 Å². The second-order valence-electron chi connectivity index (χ2n) is 4.36. The molecule has 0 radical (unpaired) electrons. The molecule has 2 amide bonds. The van der Waals surface area contributed by atoms with Crippen molar-refractivity contribution in [3.63, 3.8) is 0 Å². The number of furan rings is 1. The van der Waals surface area contributed by atoms with Crippen molar-refractivity contribution in [2.75, 3.05) is 33.9 Å². The highest BCUT2D eigenvalue weighted by Crippen LogP contribution is 2.10. The SMILES string of the molecule is COCCCNC(=O)CN(C)C(=O)c1cc(C(=O)O)co1. The number of ether oxygens (including phenoxy) is 1. The number of carbonyl (C=O) groups is 3. The number of nitrogens with one attached hydrogen (secondary N) is 1. The lowest BCUT2D eigenvalue weighted by molar-refractivity contribution is -0.121. The number of carbonyl (C=O) groups excluding carboxylic acids is 2. The molecule has 0 bridgehead atoms. The van der Waals surface area contributed by atoms with Gasteiger partial charge in [-0.3, -0.25) is 9.59 Å². The smallest absolute Gasteiger partial charge is 0.338 e. The standard InChI is InChI=1S/C13H18N2O6/c1-15(7-11(16)14-4-3-5-20-2)12(17)10-6-9(8-21-10)13(18)19/h6,8H,3-5,7H2,1-2H3,(H,14,16)(H,18,19). The first-order valence-electron chi connectivity index (χ1n) is 6.28. The van der Waals surface area contributed by atoms with E-state index in [0.717, 1.165) is 17.2 Å². The molecule has 0 aliphatic rings. The summed E-state index contributed by atoms with van der Waals surface area (Å²) < 4.78 is 9.73. The molecule has 0 saturated heterocycles. The summed E-state index contributed by atoms with van der Waals surface area (Å²) >= 11 is 0. The second-order valence-corrected chi connectivity index (χ2v) is 4.36. The average molecular weight is 298 g/mol. The van der Waals surface area contributed by atoms with E-state index in [2.05, 4.69) is 5.32 Å². The van der Waals surface area contributed by atoms with Gasteiger partial charge in [-0.25, -0.2) is 4.79 Å². The van der Waals surface area contributed by atoms with E-state index >= 15 is 0 Å². The molecule has 0 aliphatic heterocycles. The predicted molar refractivity (Wildman–Crippen MR) is 72.1 cm³/mol. The second kappa shape index (κ2) is 8.05. The molecule has 116 valence electrons. The quantitative estimate of drug-likeness (QED) is 0.664. The highest BCUT2D eigenvalue weighted by atomic mass is 16.5. The first-order valence-corrected chi connectivity index (χ1v) is 6.28. The predicted octanol–water partition coefficient (Wildman–Crippen LogP) is 0.203. The van der Waals surface area contributed by atoms with Crippen LogP contribution in [-0.2, 0) is 9.53 Å². The van der Waals surface area contributed by atoms with Gasteiger partial charge >= 0.3 is 5.97 Å². The highest BCUT2D eigenvalue weighted by Gasteiger charge is 2.19. The molecule has 21 heavy (non-hydrogen) atoms.